The molecule has 0 saturated heterocycles. The number of nitrogens with two attached hydrogens (primary N) is 1. The lowest BCUT2D eigenvalue weighted by atomic mass is 10.2. The molecule has 0 bridgehead atoms. The van der Waals surface area contributed by atoms with E-state index in [9.17, 15) is 0 Å². The summed E-state index contributed by atoms with van der Waals surface area (Å²) in [5.41, 5.74) is 7.71. The summed E-state index contributed by atoms with van der Waals surface area (Å²) in [5.74, 6) is 0.354. The normalized spacial score (nSPS) is 9.59. The Labute approximate surface area is 99.3 Å². The van der Waals surface area contributed by atoms with Crippen LogP contribution < -0.4 is 10.5 Å². The standard InChI is InChI=1S/C13H11N3O/c14-8-11-2-1-7-16-13(11)17-9-10-3-5-12(15)6-4-10/h1-7H,9,15H2. The molecule has 84 valence electrons. The Bertz CT molecular complexity index is 543. The van der Waals surface area contributed by atoms with Gasteiger partial charge in [-0.15, -0.1) is 0 Å². The summed E-state index contributed by atoms with van der Waals surface area (Å²) in [5, 5.41) is 8.87. The van der Waals surface area contributed by atoms with E-state index in [4.69, 9.17) is 15.7 Å². The number of nitriles is 1. The van der Waals surface area contributed by atoms with E-state index in [0.717, 1.165) is 5.56 Å². The number of ether oxygens (including phenoxy) is 1. The van der Waals surface area contributed by atoms with Crippen molar-refractivity contribution in [3.8, 4) is 11.9 Å². The van der Waals surface area contributed by atoms with E-state index < -0.39 is 0 Å². The highest BCUT2D eigenvalue weighted by molar-refractivity contribution is 5.40. The van der Waals surface area contributed by atoms with Crippen LogP contribution in [0.2, 0.25) is 0 Å². The van der Waals surface area contributed by atoms with Gasteiger partial charge in [0.25, 0.3) is 0 Å². The fourth-order valence-electron chi connectivity index (χ4n) is 1.36. The zero-order valence-electron chi connectivity index (χ0n) is 9.13. The zero-order valence-corrected chi connectivity index (χ0v) is 9.13. The number of benzene rings is 1. The van der Waals surface area contributed by atoms with Crippen LogP contribution in [-0.4, -0.2) is 4.98 Å². The van der Waals surface area contributed by atoms with Gasteiger partial charge in [-0.05, 0) is 29.8 Å². The Morgan fingerprint density at radius 3 is 2.71 bits per heavy atom. The number of hydrogen-bond acceptors (Lipinski definition) is 4. The molecular weight excluding hydrogens is 214 g/mol. The largest absolute Gasteiger partial charge is 0.472 e. The van der Waals surface area contributed by atoms with E-state index in [1.165, 1.54) is 0 Å². The molecule has 0 aliphatic heterocycles. The molecule has 1 heterocycles. The van der Waals surface area contributed by atoms with Crippen molar-refractivity contribution in [1.82, 2.24) is 4.98 Å². The maximum Gasteiger partial charge on any atom is 0.231 e. The molecule has 0 radical (unpaired) electrons. The third-order valence-corrected chi connectivity index (χ3v) is 2.25. The van der Waals surface area contributed by atoms with Crippen molar-refractivity contribution in [3.05, 3.63) is 53.7 Å². The van der Waals surface area contributed by atoms with Gasteiger partial charge >= 0.3 is 0 Å². The molecule has 0 amide bonds. The number of nitrogen functional groups attached to an aromatic ring is 1. The Balaban J connectivity index is 2.08. The van der Waals surface area contributed by atoms with Crippen molar-refractivity contribution < 1.29 is 4.74 Å². The zero-order chi connectivity index (χ0) is 12.1. The Morgan fingerprint density at radius 1 is 1.24 bits per heavy atom. The lowest BCUT2D eigenvalue weighted by Crippen LogP contribution is -1.99. The maximum absolute atomic E-state index is 8.87. The summed E-state index contributed by atoms with van der Waals surface area (Å²) >= 11 is 0. The molecule has 2 aromatic rings. The van der Waals surface area contributed by atoms with Gasteiger partial charge in [-0.2, -0.15) is 5.26 Å². The lowest BCUT2D eigenvalue weighted by Gasteiger charge is -2.06. The lowest BCUT2D eigenvalue weighted by molar-refractivity contribution is 0.293. The van der Waals surface area contributed by atoms with Crippen LogP contribution in [0, 0.1) is 11.3 Å². The van der Waals surface area contributed by atoms with E-state index in [0.29, 0.717) is 23.7 Å². The predicted molar refractivity (Wildman–Crippen MR) is 64.1 cm³/mol. The van der Waals surface area contributed by atoms with Crippen LogP contribution in [0.15, 0.2) is 42.6 Å². The number of rotatable bonds is 3. The van der Waals surface area contributed by atoms with Crippen molar-refractivity contribution in [2.24, 2.45) is 0 Å². The summed E-state index contributed by atoms with van der Waals surface area (Å²) in [6.07, 6.45) is 1.60. The molecule has 0 unspecified atom stereocenters. The van der Waals surface area contributed by atoms with Gasteiger partial charge in [-0.25, -0.2) is 4.98 Å². The van der Waals surface area contributed by atoms with Gasteiger partial charge in [0, 0.05) is 11.9 Å². The van der Waals surface area contributed by atoms with Gasteiger partial charge in [0.2, 0.25) is 5.88 Å². The van der Waals surface area contributed by atoms with Crippen LogP contribution in [0.25, 0.3) is 0 Å². The Morgan fingerprint density at radius 2 is 2.00 bits per heavy atom. The molecule has 0 aliphatic rings. The predicted octanol–water partition coefficient (Wildman–Crippen LogP) is 2.11. The van der Waals surface area contributed by atoms with E-state index >= 15 is 0 Å². The van der Waals surface area contributed by atoms with Crippen molar-refractivity contribution in [2.75, 3.05) is 5.73 Å². The first kappa shape index (κ1) is 11.0. The average molecular weight is 225 g/mol. The molecule has 0 spiro atoms. The smallest absolute Gasteiger partial charge is 0.231 e. The Kier molecular flexibility index (Phi) is 3.22. The molecule has 4 nitrogen and oxygen atoms in total. The highest BCUT2D eigenvalue weighted by Crippen LogP contribution is 2.15. The molecule has 0 saturated carbocycles. The fraction of sp³-hybridized carbons (Fsp3) is 0.0769. The average Bonchev–Trinajstić information content (AvgIpc) is 2.38. The van der Waals surface area contributed by atoms with Crippen LogP contribution in [0.4, 0.5) is 5.69 Å². The number of pyridine rings is 1. The van der Waals surface area contributed by atoms with Gasteiger partial charge in [-0.1, -0.05) is 12.1 Å². The third-order valence-electron chi connectivity index (χ3n) is 2.25. The Hall–Kier alpha value is -2.54. The molecule has 1 aromatic carbocycles. The van der Waals surface area contributed by atoms with Crippen LogP contribution in [-0.2, 0) is 6.61 Å². The van der Waals surface area contributed by atoms with Gasteiger partial charge in [0.1, 0.15) is 18.2 Å². The molecule has 17 heavy (non-hydrogen) atoms. The van der Waals surface area contributed by atoms with Gasteiger partial charge in [0.15, 0.2) is 0 Å². The summed E-state index contributed by atoms with van der Waals surface area (Å²) in [6, 6.07) is 12.8. The summed E-state index contributed by atoms with van der Waals surface area (Å²) in [7, 11) is 0. The van der Waals surface area contributed by atoms with Gasteiger partial charge in [0.05, 0.1) is 0 Å². The topological polar surface area (TPSA) is 71.9 Å². The molecule has 4 heteroatoms. The highest BCUT2D eigenvalue weighted by Gasteiger charge is 2.03. The van der Waals surface area contributed by atoms with Crippen LogP contribution in [0.1, 0.15) is 11.1 Å². The third kappa shape index (κ3) is 2.73. The first-order chi connectivity index (χ1) is 8.29. The van der Waals surface area contributed by atoms with Gasteiger partial charge in [-0.3, -0.25) is 0 Å². The molecule has 2 rings (SSSR count). The first-order valence-corrected chi connectivity index (χ1v) is 5.12. The van der Waals surface area contributed by atoms with Crippen molar-refractivity contribution in [1.29, 1.82) is 5.26 Å². The molecule has 2 N–H and O–H groups in total. The first-order valence-electron chi connectivity index (χ1n) is 5.12. The number of hydrogen-bond donors (Lipinski definition) is 1. The van der Waals surface area contributed by atoms with E-state index in [1.54, 1.807) is 18.3 Å². The minimum Gasteiger partial charge on any atom is -0.472 e. The SMILES string of the molecule is N#Cc1cccnc1OCc1ccc(N)cc1. The summed E-state index contributed by atoms with van der Waals surface area (Å²) in [4.78, 5) is 4.01. The molecule has 0 fully saturated rings. The van der Waals surface area contributed by atoms with E-state index in [1.807, 2.05) is 30.3 Å². The monoisotopic (exact) mass is 225 g/mol. The summed E-state index contributed by atoms with van der Waals surface area (Å²) in [6.45, 7) is 0.367. The highest BCUT2D eigenvalue weighted by atomic mass is 16.5. The molecule has 0 aliphatic carbocycles. The maximum atomic E-state index is 8.87. The van der Waals surface area contributed by atoms with Crippen molar-refractivity contribution >= 4 is 5.69 Å². The minimum absolute atomic E-state index is 0.354. The second-order valence-corrected chi connectivity index (χ2v) is 3.50. The summed E-state index contributed by atoms with van der Waals surface area (Å²) < 4.78 is 5.48. The van der Waals surface area contributed by atoms with Crippen molar-refractivity contribution in [2.45, 2.75) is 6.61 Å². The number of aromatic nitrogens is 1. The fourth-order valence-corrected chi connectivity index (χ4v) is 1.36. The van der Waals surface area contributed by atoms with Crippen molar-refractivity contribution in [3.63, 3.8) is 0 Å². The molecule has 1 aromatic heterocycles. The number of anilines is 1. The van der Waals surface area contributed by atoms with E-state index in [2.05, 4.69) is 4.98 Å². The second kappa shape index (κ2) is 4.99. The second-order valence-electron chi connectivity index (χ2n) is 3.50. The quantitative estimate of drug-likeness (QED) is 0.812. The molecular formula is C13H11N3O. The van der Waals surface area contributed by atoms with E-state index in [-0.39, 0.29) is 0 Å². The van der Waals surface area contributed by atoms with Gasteiger partial charge < -0.3 is 10.5 Å². The molecule has 0 atom stereocenters. The van der Waals surface area contributed by atoms with Crippen LogP contribution in [0.5, 0.6) is 5.88 Å². The number of nitrogens with zero attached hydrogens (tertiary/aromatic N) is 2. The minimum atomic E-state index is 0.354. The van der Waals surface area contributed by atoms with Crippen LogP contribution in [0.3, 0.4) is 0 Å². The van der Waals surface area contributed by atoms with Crippen LogP contribution >= 0.6 is 0 Å².